The van der Waals surface area contributed by atoms with E-state index in [9.17, 15) is 9.59 Å². The summed E-state index contributed by atoms with van der Waals surface area (Å²) in [6.45, 7) is 0. The van der Waals surface area contributed by atoms with Crippen LogP contribution in [0.3, 0.4) is 0 Å². The van der Waals surface area contributed by atoms with Crippen molar-refractivity contribution in [1.82, 2.24) is 4.98 Å². The van der Waals surface area contributed by atoms with Gasteiger partial charge in [-0.3, -0.25) is 9.59 Å². The molecule has 2 unspecified atom stereocenters. The Hall–Kier alpha value is -2.63. The van der Waals surface area contributed by atoms with Gasteiger partial charge in [-0.15, -0.1) is 0 Å². The maximum atomic E-state index is 12.3. The number of carboxylic acids is 1. The molecule has 2 N–H and O–H groups in total. The number of carbonyl (C=O) groups is 2. The molecule has 0 spiro atoms. The van der Waals surface area contributed by atoms with E-state index in [1.165, 1.54) is 6.39 Å². The number of hydrogen-bond acceptors (Lipinski definition) is 4. The van der Waals surface area contributed by atoms with Crippen LogP contribution >= 0.6 is 0 Å². The van der Waals surface area contributed by atoms with Crippen molar-refractivity contribution in [2.24, 2.45) is 11.8 Å². The molecule has 6 nitrogen and oxygen atoms in total. The third-order valence-electron chi connectivity index (χ3n) is 4.26. The highest BCUT2D eigenvalue weighted by Crippen LogP contribution is 2.30. The quantitative estimate of drug-likeness (QED) is 0.904. The Morgan fingerprint density at radius 1 is 1.17 bits per heavy atom. The third-order valence-corrected chi connectivity index (χ3v) is 4.26. The van der Waals surface area contributed by atoms with Crippen LogP contribution in [0.4, 0.5) is 5.69 Å². The SMILES string of the molecule is O=C(O)C1CCCC(C(=O)Nc2ccc(-c3cnco3)cc2)C1. The normalized spacial score (nSPS) is 20.9. The summed E-state index contributed by atoms with van der Waals surface area (Å²) in [7, 11) is 0. The monoisotopic (exact) mass is 314 g/mol. The second-order valence-electron chi connectivity index (χ2n) is 5.83. The Kier molecular flexibility index (Phi) is 4.41. The molecule has 1 aromatic heterocycles. The number of hydrogen-bond donors (Lipinski definition) is 2. The zero-order valence-electron chi connectivity index (χ0n) is 12.6. The van der Waals surface area contributed by atoms with Crippen LogP contribution in [0, 0.1) is 11.8 Å². The van der Waals surface area contributed by atoms with Crippen molar-refractivity contribution in [3.05, 3.63) is 36.9 Å². The molecule has 6 heteroatoms. The first-order valence-electron chi connectivity index (χ1n) is 7.66. The van der Waals surface area contributed by atoms with E-state index in [-0.39, 0.29) is 11.8 Å². The lowest BCUT2D eigenvalue weighted by Crippen LogP contribution is -2.30. The van der Waals surface area contributed by atoms with E-state index in [0.29, 0.717) is 24.3 Å². The molecule has 2 aromatic rings. The van der Waals surface area contributed by atoms with Gasteiger partial charge in [0.2, 0.25) is 5.91 Å². The summed E-state index contributed by atoms with van der Waals surface area (Å²) in [6, 6.07) is 7.29. The van der Waals surface area contributed by atoms with E-state index in [1.807, 2.05) is 12.1 Å². The molecule has 3 rings (SSSR count). The summed E-state index contributed by atoms with van der Waals surface area (Å²) in [5.74, 6) is -0.895. The molecule has 1 heterocycles. The number of carboxylic acid groups (broad SMARTS) is 1. The van der Waals surface area contributed by atoms with Crippen LogP contribution < -0.4 is 5.32 Å². The Labute approximate surface area is 133 Å². The molecule has 0 radical (unpaired) electrons. The largest absolute Gasteiger partial charge is 0.481 e. The zero-order chi connectivity index (χ0) is 16.2. The average Bonchev–Trinajstić information content (AvgIpc) is 3.10. The standard InChI is InChI=1S/C17H18N2O4/c20-16(12-2-1-3-13(8-12)17(21)22)19-14-6-4-11(5-7-14)15-9-18-10-23-15/h4-7,9-10,12-13H,1-3,8H2,(H,19,20)(H,21,22). The molecule has 23 heavy (non-hydrogen) atoms. The van der Waals surface area contributed by atoms with Crippen LogP contribution in [0.15, 0.2) is 41.3 Å². The van der Waals surface area contributed by atoms with Crippen LogP contribution in [0.5, 0.6) is 0 Å². The highest BCUT2D eigenvalue weighted by atomic mass is 16.4. The molecule has 1 aromatic carbocycles. The summed E-state index contributed by atoms with van der Waals surface area (Å²) in [5, 5.41) is 12.0. The van der Waals surface area contributed by atoms with Crippen molar-refractivity contribution < 1.29 is 19.1 Å². The van der Waals surface area contributed by atoms with Gasteiger partial charge in [-0.25, -0.2) is 4.98 Å². The molecule has 0 aliphatic heterocycles. The van der Waals surface area contributed by atoms with Gasteiger partial charge in [0.05, 0.1) is 12.1 Å². The summed E-state index contributed by atoms with van der Waals surface area (Å²) in [5.41, 5.74) is 1.57. The number of benzene rings is 1. The van der Waals surface area contributed by atoms with E-state index in [2.05, 4.69) is 10.3 Å². The molecule has 1 saturated carbocycles. The van der Waals surface area contributed by atoms with E-state index in [1.54, 1.807) is 18.3 Å². The van der Waals surface area contributed by atoms with Gasteiger partial charge in [-0.1, -0.05) is 6.42 Å². The number of anilines is 1. The molecule has 1 aliphatic rings. The number of amides is 1. The summed E-state index contributed by atoms with van der Waals surface area (Å²) in [4.78, 5) is 27.3. The van der Waals surface area contributed by atoms with Crippen LogP contribution in [-0.4, -0.2) is 22.0 Å². The van der Waals surface area contributed by atoms with Gasteiger partial charge in [0.15, 0.2) is 12.2 Å². The Bertz CT molecular complexity index is 679. The van der Waals surface area contributed by atoms with Crippen LogP contribution in [0.2, 0.25) is 0 Å². The maximum Gasteiger partial charge on any atom is 0.306 e. The summed E-state index contributed by atoms with van der Waals surface area (Å²) < 4.78 is 5.22. The van der Waals surface area contributed by atoms with Gasteiger partial charge in [0.25, 0.3) is 0 Å². The first kappa shape index (κ1) is 15.3. The van der Waals surface area contributed by atoms with Gasteiger partial charge in [-0.2, -0.15) is 0 Å². The van der Waals surface area contributed by atoms with E-state index < -0.39 is 11.9 Å². The van der Waals surface area contributed by atoms with Gasteiger partial charge in [-0.05, 0) is 43.5 Å². The smallest absolute Gasteiger partial charge is 0.306 e. The average molecular weight is 314 g/mol. The molecular formula is C17H18N2O4. The van der Waals surface area contributed by atoms with Crippen molar-refractivity contribution in [2.45, 2.75) is 25.7 Å². The van der Waals surface area contributed by atoms with Crippen molar-refractivity contribution in [2.75, 3.05) is 5.32 Å². The van der Waals surface area contributed by atoms with Crippen LogP contribution in [0.25, 0.3) is 11.3 Å². The van der Waals surface area contributed by atoms with Crippen molar-refractivity contribution in [3.63, 3.8) is 0 Å². The van der Waals surface area contributed by atoms with Gasteiger partial charge in [0, 0.05) is 17.2 Å². The number of oxazole rings is 1. The molecule has 0 bridgehead atoms. The number of carbonyl (C=O) groups excluding carboxylic acids is 1. The lowest BCUT2D eigenvalue weighted by molar-refractivity contribution is -0.143. The van der Waals surface area contributed by atoms with Gasteiger partial charge >= 0.3 is 5.97 Å². The van der Waals surface area contributed by atoms with E-state index in [0.717, 1.165) is 18.4 Å². The molecule has 1 fully saturated rings. The lowest BCUT2D eigenvalue weighted by atomic mass is 9.81. The number of aliphatic carboxylic acids is 1. The fourth-order valence-electron chi connectivity index (χ4n) is 2.97. The summed E-state index contributed by atoms with van der Waals surface area (Å²) in [6.07, 6.45) is 5.59. The molecule has 120 valence electrons. The molecule has 2 atom stereocenters. The fraction of sp³-hybridized carbons (Fsp3) is 0.353. The molecule has 1 aliphatic carbocycles. The molecule has 1 amide bonds. The summed E-state index contributed by atoms with van der Waals surface area (Å²) >= 11 is 0. The minimum Gasteiger partial charge on any atom is -0.481 e. The Morgan fingerprint density at radius 3 is 2.57 bits per heavy atom. The van der Waals surface area contributed by atoms with E-state index >= 15 is 0 Å². The zero-order valence-corrected chi connectivity index (χ0v) is 12.6. The van der Waals surface area contributed by atoms with Gasteiger partial charge in [0.1, 0.15) is 0 Å². The predicted molar refractivity (Wildman–Crippen MR) is 83.7 cm³/mol. The second-order valence-corrected chi connectivity index (χ2v) is 5.83. The number of rotatable bonds is 4. The Balaban J connectivity index is 1.62. The lowest BCUT2D eigenvalue weighted by Gasteiger charge is -2.25. The third kappa shape index (κ3) is 3.59. The van der Waals surface area contributed by atoms with Crippen molar-refractivity contribution in [3.8, 4) is 11.3 Å². The molecule has 0 saturated heterocycles. The minimum absolute atomic E-state index is 0.108. The maximum absolute atomic E-state index is 12.3. The van der Waals surface area contributed by atoms with Crippen LogP contribution in [-0.2, 0) is 9.59 Å². The minimum atomic E-state index is -0.807. The second kappa shape index (κ2) is 6.64. The highest BCUT2D eigenvalue weighted by Gasteiger charge is 2.30. The van der Waals surface area contributed by atoms with Crippen molar-refractivity contribution in [1.29, 1.82) is 0 Å². The fourth-order valence-corrected chi connectivity index (χ4v) is 2.97. The van der Waals surface area contributed by atoms with Crippen LogP contribution in [0.1, 0.15) is 25.7 Å². The topological polar surface area (TPSA) is 92.4 Å². The predicted octanol–water partition coefficient (Wildman–Crippen LogP) is 3.17. The first-order valence-corrected chi connectivity index (χ1v) is 7.66. The van der Waals surface area contributed by atoms with Crippen molar-refractivity contribution >= 4 is 17.6 Å². The van der Waals surface area contributed by atoms with E-state index in [4.69, 9.17) is 9.52 Å². The number of aromatic nitrogens is 1. The highest BCUT2D eigenvalue weighted by molar-refractivity contribution is 5.93. The first-order chi connectivity index (χ1) is 11.1. The number of nitrogens with one attached hydrogen (secondary N) is 1. The number of nitrogens with zero attached hydrogens (tertiary/aromatic N) is 1. The Morgan fingerprint density at radius 2 is 1.91 bits per heavy atom. The molecular weight excluding hydrogens is 296 g/mol. The van der Waals surface area contributed by atoms with Gasteiger partial charge < -0.3 is 14.8 Å².